The molecule has 1 saturated heterocycles. The average Bonchev–Trinajstić information content (AvgIpc) is 3.20. The number of carbonyl (C=O) groups is 1. The maximum atomic E-state index is 14.6. The number of nitrogens with one attached hydrogen (secondary N) is 2. The molecule has 1 amide bonds. The number of fused-ring (bicyclic) bond motifs is 1. The van der Waals surface area contributed by atoms with Crippen LogP contribution in [0, 0.1) is 11.8 Å². The number of rotatable bonds is 6. The van der Waals surface area contributed by atoms with Crippen LogP contribution in [0.5, 0.6) is 5.75 Å². The molecule has 0 spiro atoms. The van der Waals surface area contributed by atoms with Crippen molar-refractivity contribution in [3.8, 4) is 17.6 Å². The molecule has 0 unspecified atom stereocenters. The first kappa shape index (κ1) is 26.2. The Hall–Kier alpha value is -3.85. The van der Waals surface area contributed by atoms with Crippen LogP contribution >= 0.6 is 0 Å². The molecule has 2 atom stereocenters. The molecule has 1 aliphatic heterocycles. The molecule has 0 saturated carbocycles. The van der Waals surface area contributed by atoms with E-state index in [1.54, 1.807) is 12.1 Å². The summed E-state index contributed by atoms with van der Waals surface area (Å²) in [6, 6.07) is 5.76. The van der Waals surface area contributed by atoms with Gasteiger partial charge in [-0.05, 0) is 37.6 Å². The number of amides is 1. The van der Waals surface area contributed by atoms with Gasteiger partial charge in [0.25, 0.3) is 5.91 Å². The Labute approximate surface area is 211 Å². The number of pyridine rings is 2. The Kier molecular flexibility index (Phi) is 7.83. The lowest BCUT2D eigenvalue weighted by Gasteiger charge is -2.33. The molecular formula is C25H26F4N6O2. The monoisotopic (exact) mass is 518 g/mol. The van der Waals surface area contributed by atoms with E-state index in [0.717, 1.165) is 0 Å². The van der Waals surface area contributed by atoms with Gasteiger partial charge >= 0.3 is 6.18 Å². The number of aromatic nitrogens is 3. The van der Waals surface area contributed by atoms with Gasteiger partial charge in [-0.1, -0.05) is 12.0 Å². The van der Waals surface area contributed by atoms with Gasteiger partial charge in [0.1, 0.15) is 23.4 Å². The third kappa shape index (κ3) is 6.48. The molecule has 12 heteroatoms. The van der Waals surface area contributed by atoms with E-state index in [-0.39, 0.29) is 35.4 Å². The van der Waals surface area contributed by atoms with E-state index in [0.29, 0.717) is 24.5 Å². The molecule has 1 aliphatic rings. The van der Waals surface area contributed by atoms with E-state index in [2.05, 4.69) is 32.6 Å². The first-order valence-electron chi connectivity index (χ1n) is 11.6. The first-order chi connectivity index (χ1) is 17.6. The highest BCUT2D eigenvalue weighted by Crippen LogP contribution is 2.28. The van der Waals surface area contributed by atoms with Crippen LogP contribution in [0.1, 0.15) is 28.0 Å². The van der Waals surface area contributed by atoms with E-state index in [9.17, 15) is 22.4 Å². The normalized spacial score (nSPS) is 18.2. The second kappa shape index (κ2) is 11.0. The molecule has 2 N–H and O–H groups in total. The number of nitrogens with zero attached hydrogens (tertiary/aromatic N) is 4. The van der Waals surface area contributed by atoms with Crippen molar-refractivity contribution in [2.75, 3.05) is 39.1 Å². The molecule has 196 valence electrons. The van der Waals surface area contributed by atoms with Crippen LogP contribution in [0.4, 0.5) is 23.4 Å². The summed E-state index contributed by atoms with van der Waals surface area (Å²) >= 11 is 0. The Balaban J connectivity index is 1.57. The van der Waals surface area contributed by atoms with Crippen LogP contribution in [0.25, 0.3) is 5.52 Å². The van der Waals surface area contributed by atoms with Crippen LogP contribution in [-0.2, 0) is 6.42 Å². The van der Waals surface area contributed by atoms with Gasteiger partial charge in [-0.15, -0.1) is 0 Å². The summed E-state index contributed by atoms with van der Waals surface area (Å²) in [5.41, 5.74) is 0.320. The number of anilines is 1. The van der Waals surface area contributed by atoms with Crippen molar-refractivity contribution in [1.82, 2.24) is 24.8 Å². The molecule has 8 nitrogen and oxygen atoms in total. The van der Waals surface area contributed by atoms with E-state index < -0.39 is 30.7 Å². The van der Waals surface area contributed by atoms with Gasteiger partial charge in [0.15, 0.2) is 0 Å². The topological polar surface area (TPSA) is 83.8 Å². The molecule has 1 fully saturated rings. The summed E-state index contributed by atoms with van der Waals surface area (Å²) < 4.78 is 61.2. The van der Waals surface area contributed by atoms with Gasteiger partial charge in [-0.25, -0.2) is 8.91 Å². The van der Waals surface area contributed by atoms with Gasteiger partial charge in [-0.2, -0.15) is 18.3 Å². The van der Waals surface area contributed by atoms with Crippen molar-refractivity contribution in [3.63, 3.8) is 0 Å². The molecule has 4 heterocycles. The number of hydrogen-bond acceptors (Lipinski definition) is 6. The van der Waals surface area contributed by atoms with Gasteiger partial charge < -0.3 is 20.3 Å². The summed E-state index contributed by atoms with van der Waals surface area (Å²) in [5, 5.41) is 9.98. The number of carbonyl (C=O) groups excluding carboxylic acids is 1. The molecular weight excluding hydrogens is 492 g/mol. The lowest BCUT2D eigenvalue weighted by molar-refractivity contribution is -0.127. The standard InChI is InChI=1S/C25H26F4N6O2/c1-34-10-8-21(19(26)15-34)32-23-7-3-6-22-18(12-25(27,28)29)20(33-35(22)23)5-4-9-31-24(36)16-11-17(37-2)14-30-13-16/h3,6-7,11,13-14,19,21,32H,8-10,12,15H2,1-2H3,(H,31,36)/t19-,21+/m0/s1. The van der Waals surface area contributed by atoms with Crippen LogP contribution in [0.3, 0.4) is 0 Å². The fraction of sp³-hybridized carbons (Fsp3) is 0.400. The number of alkyl halides is 4. The number of hydrogen-bond donors (Lipinski definition) is 2. The molecule has 37 heavy (non-hydrogen) atoms. The van der Waals surface area contributed by atoms with Gasteiger partial charge in [0.05, 0.1) is 43.4 Å². The van der Waals surface area contributed by atoms with Crippen molar-refractivity contribution in [2.24, 2.45) is 0 Å². The van der Waals surface area contributed by atoms with Crippen LogP contribution in [-0.4, -0.2) is 77.6 Å². The van der Waals surface area contributed by atoms with Gasteiger partial charge in [-0.3, -0.25) is 9.78 Å². The molecule has 3 aromatic rings. The highest BCUT2D eigenvalue weighted by molar-refractivity contribution is 5.94. The van der Waals surface area contributed by atoms with Crippen LogP contribution in [0.2, 0.25) is 0 Å². The maximum absolute atomic E-state index is 14.6. The van der Waals surface area contributed by atoms with E-state index in [1.807, 2.05) is 11.9 Å². The van der Waals surface area contributed by atoms with Crippen molar-refractivity contribution in [3.05, 3.63) is 53.5 Å². The smallest absolute Gasteiger partial charge is 0.393 e. The minimum absolute atomic E-state index is 0.0657. The summed E-state index contributed by atoms with van der Waals surface area (Å²) in [6.07, 6.45) is -3.51. The van der Waals surface area contributed by atoms with Crippen molar-refractivity contribution >= 4 is 17.2 Å². The molecule has 4 rings (SSSR count). The Morgan fingerprint density at radius 1 is 1.30 bits per heavy atom. The Bertz CT molecular complexity index is 1330. The highest BCUT2D eigenvalue weighted by Gasteiger charge is 2.32. The fourth-order valence-corrected chi connectivity index (χ4v) is 4.12. The average molecular weight is 519 g/mol. The van der Waals surface area contributed by atoms with E-state index >= 15 is 0 Å². The van der Waals surface area contributed by atoms with Crippen LogP contribution < -0.4 is 15.4 Å². The zero-order chi connectivity index (χ0) is 26.6. The zero-order valence-electron chi connectivity index (χ0n) is 20.3. The summed E-state index contributed by atoms with van der Waals surface area (Å²) in [7, 11) is 3.28. The maximum Gasteiger partial charge on any atom is 0.393 e. The summed E-state index contributed by atoms with van der Waals surface area (Å²) in [4.78, 5) is 18.1. The second-order valence-electron chi connectivity index (χ2n) is 8.74. The third-order valence-electron chi connectivity index (χ3n) is 5.97. The number of methoxy groups -OCH3 is 1. The van der Waals surface area contributed by atoms with Gasteiger partial charge in [0.2, 0.25) is 0 Å². The number of halogens is 4. The minimum Gasteiger partial charge on any atom is -0.495 e. The summed E-state index contributed by atoms with van der Waals surface area (Å²) in [5.74, 6) is 5.65. The largest absolute Gasteiger partial charge is 0.495 e. The van der Waals surface area contributed by atoms with Gasteiger partial charge in [0, 0.05) is 24.8 Å². The molecule has 0 aromatic carbocycles. The van der Waals surface area contributed by atoms with Crippen molar-refractivity contribution in [2.45, 2.75) is 31.2 Å². The van der Waals surface area contributed by atoms with Crippen LogP contribution in [0.15, 0.2) is 36.7 Å². The lowest BCUT2D eigenvalue weighted by Crippen LogP contribution is -2.46. The number of likely N-dealkylation sites (tertiary alicyclic amines) is 1. The predicted molar refractivity (Wildman–Crippen MR) is 129 cm³/mol. The Morgan fingerprint density at radius 2 is 2.11 bits per heavy atom. The van der Waals surface area contributed by atoms with E-state index in [1.165, 1.54) is 36.2 Å². The zero-order valence-corrected chi connectivity index (χ0v) is 20.3. The molecule has 0 aliphatic carbocycles. The number of ether oxygens (including phenoxy) is 1. The minimum atomic E-state index is -4.49. The molecule has 3 aromatic heterocycles. The quantitative estimate of drug-likeness (QED) is 0.386. The molecule has 0 radical (unpaired) electrons. The first-order valence-corrected chi connectivity index (χ1v) is 11.6. The number of piperidine rings is 1. The highest BCUT2D eigenvalue weighted by atomic mass is 19.4. The fourth-order valence-electron chi connectivity index (χ4n) is 4.12. The predicted octanol–water partition coefficient (Wildman–Crippen LogP) is 3.08. The second-order valence-corrected chi connectivity index (χ2v) is 8.74. The van der Waals surface area contributed by atoms with Crippen molar-refractivity contribution < 1.29 is 27.1 Å². The van der Waals surface area contributed by atoms with E-state index in [4.69, 9.17) is 4.74 Å². The lowest BCUT2D eigenvalue weighted by atomic mass is 10.0. The third-order valence-corrected chi connectivity index (χ3v) is 5.97. The molecule has 0 bridgehead atoms. The summed E-state index contributed by atoms with van der Waals surface area (Å²) in [6.45, 7) is 0.834. The SMILES string of the molecule is COc1cncc(C(=O)NCC#Cc2nn3c(N[C@@H]4CCN(C)C[C@@H]4F)cccc3c2CC(F)(F)F)c1. The Morgan fingerprint density at radius 3 is 2.84 bits per heavy atom. The van der Waals surface area contributed by atoms with Crippen molar-refractivity contribution in [1.29, 1.82) is 0 Å².